The van der Waals surface area contributed by atoms with Gasteiger partial charge in [0.1, 0.15) is 6.04 Å². The molecule has 0 aromatic rings. The number of likely N-dealkylation sites (tertiary alicyclic amines) is 1. The second-order valence-corrected chi connectivity index (χ2v) is 8.29. The van der Waals surface area contributed by atoms with Gasteiger partial charge in [0.05, 0.1) is 6.04 Å². The van der Waals surface area contributed by atoms with Crippen LogP contribution in [0, 0.1) is 5.41 Å². The summed E-state index contributed by atoms with van der Waals surface area (Å²) in [6.45, 7) is 10.5. The van der Waals surface area contributed by atoms with E-state index in [4.69, 9.17) is 4.99 Å². The third kappa shape index (κ3) is 4.63. The van der Waals surface area contributed by atoms with E-state index in [1.807, 2.05) is 11.8 Å². The van der Waals surface area contributed by atoms with Crippen LogP contribution in [0.25, 0.3) is 0 Å². The number of thioether (sulfide) groups is 1. The van der Waals surface area contributed by atoms with Crippen molar-refractivity contribution < 1.29 is 4.79 Å². The summed E-state index contributed by atoms with van der Waals surface area (Å²) in [7, 11) is 0. The Morgan fingerprint density at radius 3 is 2.62 bits per heavy atom. The smallest absolute Gasteiger partial charge is 0.244 e. The second kappa shape index (κ2) is 7.03. The first kappa shape index (κ1) is 16.7. The first-order valence-electron chi connectivity index (χ1n) is 8.14. The van der Waals surface area contributed by atoms with Gasteiger partial charge >= 0.3 is 0 Å². The van der Waals surface area contributed by atoms with Crippen molar-refractivity contribution in [3.8, 4) is 0 Å². The Bertz CT molecular complexity index is 397. The average Bonchev–Trinajstić information content (AvgIpc) is 2.47. The molecule has 2 aliphatic heterocycles. The fourth-order valence-corrected chi connectivity index (χ4v) is 3.85. The molecular weight excluding hydrogens is 282 g/mol. The Balaban J connectivity index is 1.93. The van der Waals surface area contributed by atoms with Gasteiger partial charge in [-0.1, -0.05) is 32.5 Å². The summed E-state index contributed by atoms with van der Waals surface area (Å²) in [4.78, 5) is 19.3. The lowest BCUT2D eigenvalue weighted by Gasteiger charge is -2.33. The first-order chi connectivity index (χ1) is 9.88. The zero-order chi connectivity index (χ0) is 15.5. The molecule has 1 amide bonds. The summed E-state index contributed by atoms with van der Waals surface area (Å²) in [6, 6.07) is 0.173. The number of amidine groups is 1. The maximum absolute atomic E-state index is 12.4. The Kier molecular flexibility index (Phi) is 5.58. The van der Waals surface area contributed by atoms with E-state index in [1.165, 1.54) is 6.42 Å². The zero-order valence-corrected chi connectivity index (χ0v) is 14.6. The van der Waals surface area contributed by atoms with E-state index in [0.717, 1.165) is 43.3 Å². The molecule has 2 aliphatic rings. The highest BCUT2D eigenvalue weighted by molar-refractivity contribution is 8.13. The summed E-state index contributed by atoms with van der Waals surface area (Å²) < 4.78 is 0. The van der Waals surface area contributed by atoms with E-state index >= 15 is 0 Å². The molecule has 0 aromatic heterocycles. The predicted molar refractivity (Wildman–Crippen MR) is 90.8 cm³/mol. The lowest BCUT2D eigenvalue weighted by Crippen LogP contribution is -2.48. The highest BCUT2D eigenvalue weighted by atomic mass is 32.2. The van der Waals surface area contributed by atoms with E-state index < -0.39 is 0 Å². The summed E-state index contributed by atoms with van der Waals surface area (Å²) in [5.74, 6) is 1.30. The third-order valence-electron chi connectivity index (χ3n) is 4.28. The largest absolute Gasteiger partial charge is 0.353 e. The third-order valence-corrected chi connectivity index (χ3v) is 5.22. The van der Waals surface area contributed by atoms with Crippen LogP contribution in [0.4, 0.5) is 0 Å². The number of piperidine rings is 1. The second-order valence-electron chi connectivity index (χ2n) is 7.21. The van der Waals surface area contributed by atoms with Crippen molar-refractivity contribution in [3.05, 3.63) is 0 Å². The van der Waals surface area contributed by atoms with Gasteiger partial charge in [-0.25, -0.2) is 0 Å². The van der Waals surface area contributed by atoms with E-state index in [-0.39, 0.29) is 17.4 Å². The molecule has 0 saturated carbocycles. The molecule has 2 atom stereocenters. The standard InChI is InChI=1S/C16H29N3OS/c1-12(14(20)19-9-6-5-7-10-19)17-15-18-13(8-11-21-15)16(2,3)4/h12-13H,5-11H2,1-4H3,(H,17,18). The van der Waals surface area contributed by atoms with Gasteiger partial charge < -0.3 is 10.2 Å². The van der Waals surface area contributed by atoms with Gasteiger partial charge in [-0.3, -0.25) is 9.79 Å². The molecule has 120 valence electrons. The summed E-state index contributed by atoms with van der Waals surface area (Å²) >= 11 is 1.74. The van der Waals surface area contributed by atoms with Gasteiger partial charge in [-0.05, 0) is 38.0 Å². The number of aliphatic imine (C=N–C) groups is 1. The number of amides is 1. The number of hydrogen-bond acceptors (Lipinski definition) is 4. The van der Waals surface area contributed by atoms with Crippen molar-refractivity contribution in [3.63, 3.8) is 0 Å². The van der Waals surface area contributed by atoms with Crippen LogP contribution in [-0.2, 0) is 4.79 Å². The fraction of sp³-hybridized carbons (Fsp3) is 0.875. The SMILES string of the molecule is CC(NC1=NC(C(C)(C)C)CCS1)C(=O)N1CCCCC1. The van der Waals surface area contributed by atoms with Crippen LogP contribution in [0.2, 0.25) is 0 Å². The molecule has 0 radical (unpaired) electrons. The van der Waals surface area contributed by atoms with Gasteiger partial charge in [0, 0.05) is 18.8 Å². The lowest BCUT2D eigenvalue weighted by molar-refractivity contribution is -0.133. The molecule has 0 aliphatic carbocycles. The predicted octanol–water partition coefficient (Wildman–Crippen LogP) is 2.88. The van der Waals surface area contributed by atoms with Gasteiger partial charge in [0.2, 0.25) is 5.91 Å². The van der Waals surface area contributed by atoms with Crippen molar-refractivity contribution in [2.45, 2.75) is 65.5 Å². The number of nitrogens with one attached hydrogen (secondary N) is 1. The highest BCUT2D eigenvalue weighted by Crippen LogP contribution is 2.30. The molecule has 21 heavy (non-hydrogen) atoms. The fourth-order valence-electron chi connectivity index (χ4n) is 2.85. The Morgan fingerprint density at radius 1 is 1.33 bits per heavy atom. The molecule has 4 nitrogen and oxygen atoms in total. The molecular formula is C16H29N3OS. The van der Waals surface area contributed by atoms with Crippen LogP contribution in [0.3, 0.4) is 0 Å². The van der Waals surface area contributed by atoms with Crippen LogP contribution in [0.15, 0.2) is 4.99 Å². The molecule has 1 fully saturated rings. The molecule has 1 N–H and O–H groups in total. The minimum atomic E-state index is -0.173. The number of carbonyl (C=O) groups is 1. The molecule has 5 heteroatoms. The number of hydrogen-bond donors (Lipinski definition) is 1. The van der Waals surface area contributed by atoms with Crippen LogP contribution in [0.5, 0.6) is 0 Å². The normalized spacial score (nSPS) is 25.2. The summed E-state index contributed by atoms with van der Waals surface area (Å²) in [5.41, 5.74) is 0.189. The Hall–Kier alpha value is -0.710. The minimum absolute atomic E-state index is 0.173. The molecule has 2 rings (SSSR count). The van der Waals surface area contributed by atoms with Crippen LogP contribution >= 0.6 is 11.8 Å². The number of nitrogens with zero attached hydrogens (tertiary/aromatic N) is 2. The minimum Gasteiger partial charge on any atom is -0.353 e. The summed E-state index contributed by atoms with van der Waals surface area (Å²) in [5, 5.41) is 4.28. The van der Waals surface area contributed by atoms with Gasteiger partial charge in [0.15, 0.2) is 5.17 Å². The van der Waals surface area contributed by atoms with Crippen molar-refractivity contribution >= 4 is 22.8 Å². The Morgan fingerprint density at radius 2 is 2.00 bits per heavy atom. The highest BCUT2D eigenvalue weighted by Gasteiger charge is 2.29. The van der Waals surface area contributed by atoms with Crippen molar-refractivity contribution in [2.24, 2.45) is 10.4 Å². The molecule has 0 spiro atoms. The van der Waals surface area contributed by atoms with E-state index in [9.17, 15) is 4.79 Å². The quantitative estimate of drug-likeness (QED) is 0.853. The van der Waals surface area contributed by atoms with Crippen molar-refractivity contribution in [2.75, 3.05) is 18.8 Å². The van der Waals surface area contributed by atoms with Gasteiger partial charge in [-0.2, -0.15) is 0 Å². The zero-order valence-electron chi connectivity index (χ0n) is 13.8. The van der Waals surface area contributed by atoms with Crippen LogP contribution in [-0.4, -0.2) is 46.9 Å². The molecule has 2 unspecified atom stereocenters. The molecule has 1 saturated heterocycles. The number of rotatable bonds is 2. The molecule has 0 aromatic carbocycles. The lowest BCUT2D eigenvalue weighted by atomic mass is 9.85. The van der Waals surface area contributed by atoms with E-state index in [2.05, 4.69) is 26.1 Å². The summed E-state index contributed by atoms with van der Waals surface area (Å²) in [6.07, 6.45) is 4.65. The Labute approximate surface area is 133 Å². The average molecular weight is 311 g/mol. The van der Waals surface area contributed by atoms with E-state index in [0.29, 0.717) is 6.04 Å². The van der Waals surface area contributed by atoms with Gasteiger partial charge in [0.25, 0.3) is 0 Å². The van der Waals surface area contributed by atoms with Crippen LogP contribution < -0.4 is 5.32 Å². The van der Waals surface area contributed by atoms with Crippen molar-refractivity contribution in [1.82, 2.24) is 10.2 Å². The maximum Gasteiger partial charge on any atom is 0.244 e. The number of carbonyl (C=O) groups excluding carboxylic acids is 1. The van der Waals surface area contributed by atoms with Crippen LogP contribution in [0.1, 0.15) is 53.4 Å². The van der Waals surface area contributed by atoms with E-state index in [1.54, 1.807) is 11.8 Å². The topological polar surface area (TPSA) is 44.7 Å². The monoisotopic (exact) mass is 311 g/mol. The first-order valence-corrected chi connectivity index (χ1v) is 9.12. The molecule has 2 heterocycles. The maximum atomic E-state index is 12.4. The molecule has 0 bridgehead atoms. The van der Waals surface area contributed by atoms with Gasteiger partial charge in [-0.15, -0.1) is 0 Å². The van der Waals surface area contributed by atoms with Crippen molar-refractivity contribution in [1.29, 1.82) is 0 Å².